The molecule has 2 aliphatic heterocycles. The van der Waals surface area contributed by atoms with E-state index < -0.39 is 11.2 Å². The first-order valence-electron chi connectivity index (χ1n) is 6.74. The monoisotopic (exact) mass is 335 g/mol. The molecule has 23 heavy (non-hydrogen) atoms. The highest BCUT2D eigenvalue weighted by molar-refractivity contribution is 8.15. The standard InChI is InChI=1S/C14H13N3O5S/c1-7(8-2-3-9-10(4-8)22-6-21-9)16-17-14-15-13(20)11(23-14)5-12(18)19/h2-4,11H,5-6H2,1H3,(H,18,19)(H,15,17,20)/b16-7+/t11-/m1/s1. The van der Waals surface area contributed by atoms with Crippen LogP contribution in [-0.4, -0.2) is 39.9 Å². The SMILES string of the molecule is C/C(=N\N=C1\NC(=O)[C@@H](CC(=O)O)S1)c1ccc2c(c1)OCO2. The van der Waals surface area contributed by atoms with Gasteiger partial charge in [-0.25, -0.2) is 0 Å². The Morgan fingerprint density at radius 3 is 3.00 bits per heavy atom. The molecular weight excluding hydrogens is 322 g/mol. The molecule has 1 amide bonds. The number of benzene rings is 1. The lowest BCUT2D eigenvalue weighted by molar-refractivity contribution is -0.138. The molecular formula is C14H13N3O5S. The molecule has 0 spiro atoms. The van der Waals surface area contributed by atoms with E-state index >= 15 is 0 Å². The highest BCUT2D eigenvalue weighted by Gasteiger charge is 2.32. The molecule has 0 aliphatic carbocycles. The van der Waals surface area contributed by atoms with Crippen molar-refractivity contribution in [3.05, 3.63) is 23.8 Å². The maximum Gasteiger partial charge on any atom is 0.305 e. The van der Waals surface area contributed by atoms with E-state index in [2.05, 4.69) is 15.5 Å². The summed E-state index contributed by atoms with van der Waals surface area (Å²) in [7, 11) is 0. The van der Waals surface area contributed by atoms with Crippen LogP contribution in [-0.2, 0) is 9.59 Å². The number of nitrogens with zero attached hydrogens (tertiary/aromatic N) is 2. The summed E-state index contributed by atoms with van der Waals surface area (Å²) in [6.45, 7) is 1.97. The second kappa shape index (κ2) is 6.29. The van der Waals surface area contributed by atoms with E-state index in [1.807, 2.05) is 6.07 Å². The Kier molecular flexibility index (Phi) is 4.20. The van der Waals surface area contributed by atoms with Crippen molar-refractivity contribution in [2.75, 3.05) is 6.79 Å². The summed E-state index contributed by atoms with van der Waals surface area (Å²) in [4.78, 5) is 22.3. The van der Waals surface area contributed by atoms with Gasteiger partial charge in [-0.1, -0.05) is 11.8 Å². The Balaban J connectivity index is 1.72. The van der Waals surface area contributed by atoms with E-state index in [4.69, 9.17) is 14.6 Å². The molecule has 8 nitrogen and oxygen atoms in total. The Morgan fingerprint density at radius 1 is 1.43 bits per heavy atom. The van der Waals surface area contributed by atoms with Crippen molar-refractivity contribution in [3.8, 4) is 11.5 Å². The first-order chi connectivity index (χ1) is 11.0. The number of carboxylic acids is 1. The minimum Gasteiger partial charge on any atom is -0.481 e. The summed E-state index contributed by atoms with van der Waals surface area (Å²) in [6.07, 6.45) is -0.250. The van der Waals surface area contributed by atoms with Crippen LogP contribution in [0.4, 0.5) is 0 Å². The lowest BCUT2D eigenvalue weighted by Crippen LogP contribution is -2.26. The number of nitrogens with one attached hydrogen (secondary N) is 1. The van der Waals surface area contributed by atoms with Crippen LogP contribution in [0.3, 0.4) is 0 Å². The molecule has 1 fully saturated rings. The molecule has 1 saturated heterocycles. The largest absolute Gasteiger partial charge is 0.481 e. The van der Waals surface area contributed by atoms with Crippen molar-refractivity contribution in [2.24, 2.45) is 10.2 Å². The van der Waals surface area contributed by atoms with Crippen LogP contribution in [0.25, 0.3) is 0 Å². The third kappa shape index (κ3) is 3.45. The summed E-state index contributed by atoms with van der Waals surface area (Å²) in [5.41, 5.74) is 1.45. The predicted molar refractivity (Wildman–Crippen MR) is 84.0 cm³/mol. The van der Waals surface area contributed by atoms with Gasteiger partial charge in [-0.15, -0.1) is 5.10 Å². The van der Waals surface area contributed by atoms with Gasteiger partial charge in [-0.2, -0.15) is 5.10 Å². The second-order valence-electron chi connectivity index (χ2n) is 4.85. The number of thioether (sulfide) groups is 1. The first-order valence-corrected chi connectivity index (χ1v) is 7.62. The molecule has 2 N–H and O–H groups in total. The normalized spacial score (nSPS) is 21.6. The third-order valence-electron chi connectivity index (χ3n) is 3.22. The van der Waals surface area contributed by atoms with Gasteiger partial charge in [0.1, 0.15) is 5.25 Å². The number of amidine groups is 1. The zero-order chi connectivity index (χ0) is 16.4. The number of carbonyl (C=O) groups excluding carboxylic acids is 1. The average molecular weight is 335 g/mol. The van der Waals surface area contributed by atoms with Gasteiger partial charge in [-0.3, -0.25) is 9.59 Å². The minimum atomic E-state index is -1.03. The molecule has 3 rings (SSSR count). The Hall–Kier alpha value is -2.55. The van der Waals surface area contributed by atoms with Gasteiger partial charge in [0.25, 0.3) is 0 Å². The van der Waals surface area contributed by atoms with E-state index in [1.54, 1.807) is 19.1 Å². The van der Waals surface area contributed by atoms with Crippen molar-refractivity contribution >= 4 is 34.5 Å². The third-order valence-corrected chi connectivity index (χ3v) is 4.29. The fraction of sp³-hybridized carbons (Fsp3) is 0.286. The molecule has 1 aromatic rings. The van der Waals surface area contributed by atoms with E-state index in [0.717, 1.165) is 17.3 Å². The number of carbonyl (C=O) groups is 2. The zero-order valence-electron chi connectivity index (χ0n) is 12.1. The van der Waals surface area contributed by atoms with Gasteiger partial charge >= 0.3 is 5.97 Å². The summed E-state index contributed by atoms with van der Waals surface area (Å²) < 4.78 is 10.5. The Bertz CT molecular complexity index is 731. The molecule has 0 unspecified atom stereocenters. The second-order valence-corrected chi connectivity index (χ2v) is 6.04. The summed E-state index contributed by atoms with van der Waals surface area (Å²) >= 11 is 1.06. The van der Waals surface area contributed by atoms with Crippen molar-refractivity contribution in [1.82, 2.24) is 5.32 Å². The van der Waals surface area contributed by atoms with Crippen LogP contribution in [0.5, 0.6) is 11.5 Å². The van der Waals surface area contributed by atoms with E-state index in [1.165, 1.54) is 0 Å². The molecule has 1 atom stereocenters. The van der Waals surface area contributed by atoms with Crippen molar-refractivity contribution in [2.45, 2.75) is 18.6 Å². The van der Waals surface area contributed by atoms with Gasteiger partial charge in [0, 0.05) is 5.56 Å². The molecule has 2 heterocycles. The number of hydrogen-bond donors (Lipinski definition) is 2. The maximum atomic E-state index is 11.6. The maximum absolute atomic E-state index is 11.6. The zero-order valence-corrected chi connectivity index (χ0v) is 12.9. The minimum absolute atomic E-state index is 0.199. The molecule has 2 aliphatic rings. The van der Waals surface area contributed by atoms with Crippen LogP contribution in [0.15, 0.2) is 28.4 Å². The highest BCUT2D eigenvalue weighted by Crippen LogP contribution is 2.32. The lowest BCUT2D eigenvalue weighted by atomic mass is 10.1. The fourth-order valence-electron chi connectivity index (χ4n) is 2.04. The topological polar surface area (TPSA) is 110 Å². The van der Waals surface area contributed by atoms with E-state index in [0.29, 0.717) is 22.4 Å². The summed E-state index contributed by atoms with van der Waals surface area (Å²) in [5.74, 6) is -0.0659. The Morgan fingerprint density at radius 2 is 2.22 bits per heavy atom. The predicted octanol–water partition coefficient (Wildman–Crippen LogP) is 1.20. The molecule has 0 radical (unpaired) electrons. The molecule has 120 valence electrons. The number of carboxylic acid groups (broad SMARTS) is 1. The van der Waals surface area contributed by atoms with Gasteiger partial charge in [0.2, 0.25) is 12.7 Å². The lowest BCUT2D eigenvalue weighted by Gasteiger charge is -2.01. The molecule has 0 bridgehead atoms. The molecule has 9 heteroatoms. The van der Waals surface area contributed by atoms with Crippen molar-refractivity contribution < 1.29 is 24.2 Å². The van der Waals surface area contributed by atoms with Gasteiger partial charge in [0.15, 0.2) is 16.7 Å². The van der Waals surface area contributed by atoms with Crippen molar-refractivity contribution in [1.29, 1.82) is 0 Å². The molecule has 0 saturated carbocycles. The fourth-order valence-corrected chi connectivity index (χ4v) is 2.95. The number of hydrogen-bond acceptors (Lipinski definition) is 7. The van der Waals surface area contributed by atoms with Gasteiger partial charge in [0.05, 0.1) is 12.1 Å². The van der Waals surface area contributed by atoms with E-state index in [9.17, 15) is 9.59 Å². The number of ether oxygens (including phenoxy) is 2. The van der Waals surface area contributed by atoms with Crippen LogP contribution in [0.1, 0.15) is 18.9 Å². The van der Waals surface area contributed by atoms with E-state index in [-0.39, 0.29) is 19.1 Å². The smallest absolute Gasteiger partial charge is 0.305 e. The summed E-state index contributed by atoms with van der Waals surface area (Å²) in [5, 5.41) is 18.9. The highest BCUT2D eigenvalue weighted by atomic mass is 32.2. The first kappa shape index (κ1) is 15.3. The number of amides is 1. The van der Waals surface area contributed by atoms with Crippen molar-refractivity contribution in [3.63, 3.8) is 0 Å². The average Bonchev–Trinajstić information content (AvgIpc) is 3.10. The van der Waals surface area contributed by atoms with Gasteiger partial charge in [-0.05, 0) is 25.1 Å². The number of aliphatic carboxylic acids is 1. The number of rotatable bonds is 4. The quantitative estimate of drug-likeness (QED) is 0.632. The summed E-state index contributed by atoms with van der Waals surface area (Å²) in [6, 6.07) is 5.42. The molecule has 0 aromatic heterocycles. The van der Waals surface area contributed by atoms with Crippen LogP contribution in [0, 0.1) is 0 Å². The van der Waals surface area contributed by atoms with Crippen LogP contribution < -0.4 is 14.8 Å². The van der Waals surface area contributed by atoms with Crippen LogP contribution >= 0.6 is 11.8 Å². The van der Waals surface area contributed by atoms with Gasteiger partial charge < -0.3 is 19.9 Å². The van der Waals surface area contributed by atoms with Crippen LogP contribution in [0.2, 0.25) is 0 Å². The Labute approximate surface area is 135 Å². The molecule has 1 aromatic carbocycles. The number of fused-ring (bicyclic) bond motifs is 1.